The SMILES string of the molecule is COc1cccc(SCC(=O)N2CCC(C(O)c3ccccc3)CC2)c1. The van der Waals surface area contributed by atoms with E-state index in [1.54, 1.807) is 7.11 Å². The van der Waals surface area contributed by atoms with Crippen LogP contribution in [0.4, 0.5) is 0 Å². The van der Waals surface area contributed by atoms with Gasteiger partial charge in [0.25, 0.3) is 0 Å². The van der Waals surface area contributed by atoms with Crippen molar-refractivity contribution in [2.24, 2.45) is 5.92 Å². The highest BCUT2D eigenvalue weighted by molar-refractivity contribution is 8.00. The molecule has 1 amide bonds. The molecule has 3 rings (SSSR count). The molecule has 2 aromatic rings. The predicted octanol–water partition coefficient (Wildman–Crippen LogP) is 3.76. The summed E-state index contributed by atoms with van der Waals surface area (Å²) in [5.74, 6) is 1.61. The maximum absolute atomic E-state index is 12.5. The number of aliphatic hydroxyl groups is 1. The fraction of sp³-hybridized carbons (Fsp3) is 0.381. The number of thioether (sulfide) groups is 1. The van der Waals surface area contributed by atoms with E-state index in [4.69, 9.17) is 4.74 Å². The van der Waals surface area contributed by atoms with E-state index in [1.165, 1.54) is 11.8 Å². The van der Waals surface area contributed by atoms with Crippen LogP contribution >= 0.6 is 11.8 Å². The standard InChI is InChI=1S/C21H25NO3S/c1-25-18-8-5-9-19(14-18)26-15-20(23)22-12-10-17(11-13-22)21(24)16-6-3-2-4-7-16/h2-9,14,17,21,24H,10-13,15H2,1H3. The van der Waals surface area contributed by atoms with E-state index in [2.05, 4.69) is 0 Å². The van der Waals surface area contributed by atoms with Crippen molar-refractivity contribution in [3.05, 3.63) is 60.2 Å². The number of hydrogen-bond acceptors (Lipinski definition) is 4. The number of methoxy groups -OCH3 is 1. The Labute approximate surface area is 159 Å². The molecule has 1 unspecified atom stereocenters. The number of benzene rings is 2. The van der Waals surface area contributed by atoms with Crippen molar-refractivity contribution in [1.82, 2.24) is 4.90 Å². The third kappa shape index (κ3) is 4.80. The monoisotopic (exact) mass is 371 g/mol. The zero-order valence-electron chi connectivity index (χ0n) is 15.0. The number of likely N-dealkylation sites (tertiary alicyclic amines) is 1. The Bertz CT molecular complexity index is 714. The van der Waals surface area contributed by atoms with Crippen LogP contribution in [0, 0.1) is 5.92 Å². The molecule has 0 saturated carbocycles. The highest BCUT2D eigenvalue weighted by Crippen LogP contribution is 2.31. The van der Waals surface area contributed by atoms with Gasteiger partial charge in [0.15, 0.2) is 0 Å². The molecule has 138 valence electrons. The Kier molecular flexibility index (Phi) is 6.58. The van der Waals surface area contributed by atoms with Crippen molar-refractivity contribution < 1.29 is 14.6 Å². The van der Waals surface area contributed by atoms with E-state index in [-0.39, 0.29) is 11.8 Å². The second kappa shape index (κ2) is 9.10. The van der Waals surface area contributed by atoms with Crippen molar-refractivity contribution in [2.45, 2.75) is 23.8 Å². The molecular formula is C21H25NO3S. The number of rotatable bonds is 6. The summed E-state index contributed by atoms with van der Waals surface area (Å²) in [6, 6.07) is 17.6. The minimum Gasteiger partial charge on any atom is -0.497 e. The Morgan fingerprint density at radius 2 is 1.92 bits per heavy atom. The lowest BCUT2D eigenvalue weighted by atomic mass is 9.87. The molecule has 4 nitrogen and oxygen atoms in total. The van der Waals surface area contributed by atoms with Crippen molar-refractivity contribution in [3.8, 4) is 5.75 Å². The Balaban J connectivity index is 1.47. The fourth-order valence-electron chi connectivity index (χ4n) is 3.31. The smallest absolute Gasteiger partial charge is 0.232 e. The first kappa shape index (κ1) is 18.8. The van der Waals surface area contributed by atoms with Gasteiger partial charge in [-0.05, 0) is 42.5 Å². The number of nitrogens with zero attached hydrogens (tertiary/aromatic N) is 1. The summed E-state index contributed by atoms with van der Waals surface area (Å²) in [6.07, 6.45) is 1.23. The number of aliphatic hydroxyl groups excluding tert-OH is 1. The number of piperidine rings is 1. The molecular weight excluding hydrogens is 346 g/mol. The molecule has 0 bridgehead atoms. The van der Waals surface area contributed by atoms with Gasteiger partial charge in [0.2, 0.25) is 5.91 Å². The van der Waals surface area contributed by atoms with Gasteiger partial charge in [0, 0.05) is 18.0 Å². The third-order valence-electron chi connectivity index (χ3n) is 4.88. The minimum absolute atomic E-state index is 0.158. The maximum atomic E-state index is 12.5. The second-order valence-corrected chi connectivity index (χ2v) is 7.59. The molecule has 0 spiro atoms. The fourth-order valence-corrected chi connectivity index (χ4v) is 4.16. The molecule has 1 N–H and O–H groups in total. The third-order valence-corrected chi connectivity index (χ3v) is 5.86. The van der Waals surface area contributed by atoms with E-state index < -0.39 is 6.10 Å². The van der Waals surface area contributed by atoms with E-state index in [9.17, 15) is 9.90 Å². The Hall–Kier alpha value is -1.98. The zero-order chi connectivity index (χ0) is 18.4. The molecule has 1 aliphatic heterocycles. The van der Waals surface area contributed by atoms with Crippen LogP contribution in [0.3, 0.4) is 0 Å². The average molecular weight is 372 g/mol. The molecule has 26 heavy (non-hydrogen) atoms. The van der Waals surface area contributed by atoms with Crippen LogP contribution in [0.25, 0.3) is 0 Å². The molecule has 2 aromatic carbocycles. The van der Waals surface area contributed by atoms with E-state index >= 15 is 0 Å². The van der Waals surface area contributed by atoms with Gasteiger partial charge in [-0.15, -0.1) is 11.8 Å². The lowest BCUT2D eigenvalue weighted by Crippen LogP contribution is -2.40. The molecule has 1 aliphatic rings. The molecule has 0 aromatic heterocycles. The molecule has 1 saturated heterocycles. The second-order valence-electron chi connectivity index (χ2n) is 6.54. The largest absolute Gasteiger partial charge is 0.497 e. The van der Waals surface area contributed by atoms with Gasteiger partial charge < -0.3 is 14.7 Å². The quantitative estimate of drug-likeness (QED) is 0.786. The molecule has 1 fully saturated rings. The number of amides is 1. The van der Waals surface area contributed by atoms with Crippen LogP contribution in [0.2, 0.25) is 0 Å². The molecule has 0 radical (unpaired) electrons. The lowest BCUT2D eigenvalue weighted by Gasteiger charge is -2.34. The number of hydrogen-bond donors (Lipinski definition) is 1. The summed E-state index contributed by atoms with van der Waals surface area (Å²) < 4.78 is 5.22. The van der Waals surface area contributed by atoms with Crippen LogP contribution in [-0.2, 0) is 4.79 Å². The van der Waals surface area contributed by atoms with E-state index in [1.807, 2.05) is 59.5 Å². The zero-order valence-corrected chi connectivity index (χ0v) is 15.8. The Morgan fingerprint density at radius 1 is 1.19 bits per heavy atom. The summed E-state index contributed by atoms with van der Waals surface area (Å²) in [5, 5.41) is 10.6. The number of carbonyl (C=O) groups is 1. The molecule has 0 aliphatic carbocycles. The highest BCUT2D eigenvalue weighted by Gasteiger charge is 2.28. The molecule has 1 heterocycles. The lowest BCUT2D eigenvalue weighted by molar-refractivity contribution is -0.130. The summed E-state index contributed by atoms with van der Waals surface area (Å²) in [6.45, 7) is 1.43. The number of carbonyl (C=O) groups excluding carboxylic acids is 1. The number of ether oxygens (including phenoxy) is 1. The maximum Gasteiger partial charge on any atom is 0.232 e. The first-order chi connectivity index (χ1) is 12.7. The van der Waals surface area contributed by atoms with Crippen molar-refractivity contribution >= 4 is 17.7 Å². The first-order valence-electron chi connectivity index (χ1n) is 8.95. The van der Waals surface area contributed by atoms with Crippen LogP contribution < -0.4 is 4.74 Å². The highest BCUT2D eigenvalue weighted by atomic mass is 32.2. The van der Waals surface area contributed by atoms with E-state index in [0.29, 0.717) is 18.8 Å². The summed E-state index contributed by atoms with van der Waals surface area (Å²) in [5.41, 5.74) is 0.964. The van der Waals surface area contributed by atoms with Gasteiger partial charge in [-0.2, -0.15) is 0 Å². The topological polar surface area (TPSA) is 49.8 Å². The molecule has 1 atom stereocenters. The summed E-state index contributed by atoms with van der Waals surface area (Å²) in [7, 11) is 1.64. The van der Waals surface area contributed by atoms with Gasteiger partial charge in [0.05, 0.1) is 19.0 Å². The molecule has 5 heteroatoms. The summed E-state index contributed by atoms with van der Waals surface area (Å²) >= 11 is 1.54. The van der Waals surface area contributed by atoms with Crippen LogP contribution in [0.1, 0.15) is 24.5 Å². The first-order valence-corrected chi connectivity index (χ1v) is 9.93. The van der Waals surface area contributed by atoms with Crippen molar-refractivity contribution in [1.29, 1.82) is 0 Å². The van der Waals surface area contributed by atoms with Gasteiger partial charge in [-0.3, -0.25) is 4.79 Å². The van der Waals surface area contributed by atoms with Gasteiger partial charge >= 0.3 is 0 Å². The van der Waals surface area contributed by atoms with E-state index in [0.717, 1.165) is 29.1 Å². The predicted molar refractivity (Wildman–Crippen MR) is 104 cm³/mol. The normalized spacial score (nSPS) is 16.3. The van der Waals surface area contributed by atoms with Gasteiger partial charge in [-0.25, -0.2) is 0 Å². The van der Waals surface area contributed by atoms with Crippen LogP contribution in [0.5, 0.6) is 5.75 Å². The van der Waals surface area contributed by atoms with Gasteiger partial charge in [-0.1, -0.05) is 36.4 Å². The van der Waals surface area contributed by atoms with Crippen LogP contribution in [0.15, 0.2) is 59.5 Å². The van der Waals surface area contributed by atoms with Crippen molar-refractivity contribution in [3.63, 3.8) is 0 Å². The van der Waals surface area contributed by atoms with Crippen molar-refractivity contribution in [2.75, 3.05) is 26.0 Å². The minimum atomic E-state index is -0.445. The van der Waals surface area contributed by atoms with Gasteiger partial charge in [0.1, 0.15) is 5.75 Å². The average Bonchev–Trinajstić information content (AvgIpc) is 2.72. The summed E-state index contributed by atoms with van der Waals surface area (Å²) in [4.78, 5) is 15.4. The Morgan fingerprint density at radius 3 is 2.62 bits per heavy atom. The van der Waals surface area contributed by atoms with Crippen LogP contribution in [-0.4, -0.2) is 41.9 Å².